The quantitative estimate of drug-likeness (QED) is 0.392. The molecule has 0 aliphatic carbocycles. The van der Waals surface area contributed by atoms with Crippen LogP contribution >= 0.6 is 0 Å². The molecule has 0 amide bonds. The lowest BCUT2D eigenvalue weighted by Crippen LogP contribution is -2.09. The molecule has 3 nitrogen and oxygen atoms in total. The lowest BCUT2D eigenvalue weighted by atomic mass is 10.1. The molecule has 0 bridgehead atoms. The molecule has 4 aromatic rings. The van der Waals surface area contributed by atoms with E-state index in [1.807, 2.05) is 42.5 Å². The third kappa shape index (κ3) is 4.63. The maximum Gasteiger partial charge on any atom is 0.122 e. The summed E-state index contributed by atoms with van der Waals surface area (Å²) in [5.74, 6) is 1.72. The number of para-hydroxylation sites is 1. The van der Waals surface area contributed by atoms with Crippen molar-refractivity contribution >= 4 is 16.5 Å². The summed E-state index contributed by atoms with van der Waals surface area (Å²) < 4.78 is 11.5. The minimum atomic E-state index is 0.509. The molecule has 0 spiro atoms. The molecule has 28 heavy (non-hydrogen) atoms. The molecule has 140 valence electrons. The van der Waals surface area contributed by atoms with Gasteiger partial charge < -0.3 is 14.8 Å². The molecule has 4 aromatic carbocycles. The Labute approximate surface area is 165 Å². The van der Waals surface area contributed by atoms with Crippen molar-refractivity contribution in [3.63, 3.8) is 0 Å². The Bertz CT molecular complexity index is 1030. The molecule has 0 fully saturated rings. The summed E-state index contributed by atoms with van der Waals surface area (Å²) in [6, 6.07) is 32.7. The summed E-state index contributed by atoms with van der Waals surface area (Å²) >= 11 is 0. The maximum atomic E-state index is 5.84. The summed E-state index contributed by atoms with van der Waals surface area (Å²) in [4.78, 5) is 0. The first-order valence-electron chi connectivity index (χ1n) is 9.50. The van der Waals surface area contributed by atoms with Crippen molar-refractivity contribution in [3.8, 4) is 11.5 Å². The minimum Gasteiger partial charge on any atom is -0.490 e. The van der Waals surface area contributed by atoms with Gasteiger partial charge in [-0.2, -0.15) is 0 Å². The van der Waals surface area contributed by atoms with E-state index in [1.165, 1.54) is 16.3 Å². The zero-order valence-corrected chi connectivity index (χ0v) is 15.7. The molecule has 1 N–H and O–H groups in total. The van der Waals surface area contributed by atoms with E-state index in [0.717, 1.165) is 23.7 Å². The van der Waals surface area contributed by atoms with E-state index in [0.29, 0.717) is 13.2 Å². The van der Waals surface area contributed by atoms with Crippen LogP contribution in [0.4, 0.5) is 5.69 Å². The normalized spacial score (nSPS) is 10.6. The lowest BCUT2D eigenvalue weighted by molar-refractivity contribution is 0.217. The van der Waals surface area contributed by atoms with Gasteiger partial charge >= 0.3 is 0 Å². The first-order chi connectivity index (χ1) is 13.9. The van der Waals surface area contributed by atoms with Gasteiger partial charge in [0.05, 0.1) is 0 Å². The zero-order chi connectivity index (χ0) is 19.0. The second-order valence-electron chi connectivity index (χ2n) is 6.54. The van der Waals surface area contributed by atoms with Crippen LogP contribution in [0.1, 0.15) is 5.56 Å². The van der Waals surface area contributed by atoms with Crippen LogP contribution in [0.15, 0.2) is 97.1 Å². The van der Waals surface area contributed by atoms with Crippen LogP contribution in [-0.2, 0) is 6.54 Å². The Balaban J connectivity index is 1.32. The van der Waals surface area contributed by atoms with Crippen molar-refractivity contribution in [2.24, 2.45) is 0 Å². The van der Waals surface area contributed by atoms with E-state index < -0.39 is 0 Å². The molecule has 0 aliphatic rings. The van der Waals surface area contributed by atoms with E-state index in [-0.39, 0.29) is 0 Å². The van der Waals surface area contributed by atoms with Crippen molar-refractivity contribution in [3.05, 3.63) is 103 Å². The van der Waals surface area contributed by atoms with Crippen LogP contribution < -0.4 is 14.8 Å². The number of rotatable bonds is 8. The number of nitrogens with one attached hydrogen (secondary N) is 1. The number of ether oxygens (including phenoxy) is 2. The average molecular weight is 369 g/mol. The number of anilines is 1. The number of benzene rings is 4. The van der Waals surface area contributed by atoms with Crippen LogP contribution in [0, 0.1) is 0 Å². The third-order valence-electron chi connectivity index (χ3n) is 4.54. The Hall–Kier alpha value is -3.46. The summed E-state index contributed by atoms with van der Waals surface area (Å²) in [6.07, 6.45) is 0. The highest BCUT2D eigenvalue weighted by Crippen LogP contribution is 2.24. The predicted molar refractivity (Wildman–Crippen MR) is 115 cm³/mol. The van der Waals surface area contributed by atoms with Gasteiger partial charge in [-0.3, -0.25) is 0 Å². The summed E-state index contributed by atoms with van der Waals surface area (Å²) in [5, 5.41) is 6.01. The molecule has 0 aliphatic heterocycles. The van der Waals surface area contributed by atoms with Crippen molar-refractivity contribution in [1.82, 2.24) is 0 Å². The summed E-state index contributed by atoms with van der Waals surface area (Å²) in [6.45, 7) is 1.77. The fourth-order valence-electron chi connectivity index (χ4n) is 3.16. The molecular formula is C25H23NO2. The average Bonchev–Trinajstić information content (AvgIpc) is 2.76. The van der Waals surface area contributed by atoms with Crippen molar-refractivity contribution in [2.45, 2.75) is 6.54 Å². The number of hydrogen-bond acceptors (Lipinski definition) is 3. The van der Waals surface area contributed by atoms with Crippen molar-refractivity contribution in [2.75, 3.05) is 18.5 Å². The Kier molecular flexibility index (Phi) is 5.74. The van der Waals surface area contributed by atoms with Crippen molar-refractivity contribution in [1.29, 1.82) is 0 Å². The molecule has 0 unspecified atom stereocenters. The monoisotopic (exact) mass is 369 g/mol. The second kappa shape index (κ2) is 8.96. The highest BCUT2D eigenvalue weighted by molar-refractivity contribution is 5.93. The van der Waals surface area contributed by atoms with E-state index in [9.17, 15) is 0 Å². The lowest BCUT2D eigenvalue weighted by Gasteiger charge is -2.12. The fourth-order valence-corrected chi connectivity index (χ4v) is 3.16. The van der Waals surface area contributed by atoms with Gasteiger partial charge in [0, 0.05) is 17.6 Å². The van der Waals surface area contributed by atoms with Crippen LogP contribution in [0.5, 0.6) is 11.5 Å². The van der Waals surface area contributed by atoms with Gasteiger partial charge in [-0.05, 0) is 41.3 Å². The van der Waals surface area contributed by atoms with Gasteiger partial charge in [0.1, 0.15) is 24.7 Å². The van der Waals surface area contributed by atoms with Gasteiger partial charge in [-0.25, -0.2) is 0 Å². The van der Waals surface area contributed by atoms with Gasteiger partial charge in [0.2, 0.25) is 0 Å². The molecule has 3 heteroatoms. The maximum absolute atomic E-state index is 5.84. The molecular weight excluding hydrogens is 346 g/mol. The van der Waals surface area contributed by atoms with Gasteiger partial charge in [0.25, 0.3) is 0 Å². The van der Waals surface area contributed by atoms with Gasteiger partial charge in [0.15, 0.2) is 0 Å². The topological polar surface area (TPSA) is 30.5 Å². The smallest absolute Gasteiger partial charge is 0.122 e. The Morgan fingerprint density at radius 1 is 0.607 bits per heavy atom. The largest absolute Gasteiger partial charge is 0.490 e. The SMILES string of the molecule is c1ccc(OCCOc2cccc(CNc3cccc4ccccc34)c2)cc1. The van der Waals surface area contributed by atoms with E-state index >= 15 is 0 Å². The highest BCUT2D eigenvalue weighted by atomic mass is 16.5. The van der Waals surface area contributed by atoms with Crippen LogP contribution in [0.3, 0.4) is 0 Å². The number of hydrogen-bond donors (Lipinski definition) is 1. The van der Waals surface area contributed by atoms with E-state index in [4.69, 9.17) is 9.47 Å². The molecule has 0 heterocycles. The fraction of sp³-hybridized carbons (Fsp3) is 0.120. The van der Waals surface area contributed by atoms with Crippen LogP contribution in [-0.4, -0.2) is 13.2 Å². The summed E-state index contributed by atoms with van der Waals surface area (Å²) in [5.41, 5.74) is 2.31. The zero-order valence-electron chi connectivity index (χ0n) is 15.7. The predicted octanol–water partition coefficient (Wildman–Crippen LogP) is 5.91. The molecule has 0 saturated carbocycles. The highest BCUT2D eigenvalue weighted by Gasteiger charge is 2.02. The molecule has 0 atom stereocenters. The Morgan fingerprint density at radius 2 is 1.29 bits per heavy atom. The van der Waals surface area contributed by atoms with Gasteiger partial charge in [-0.15, -0.1) is 0 Å². The first kappa shape index (κ1) is 17.9. The minimum absolute atomic E-state index is 0.509. The van der Waals surface area contributed by atoms with Crippen molar-refractivity contribution < 1.29 is 9.47 Å². The number of fused-ring (bicyclic) bond motifs is 1. The molecule has 4 rings (SSSR count). The van der Waals surface area contributed by atoms with E-state index in [1.54, 1.807) is 0 Å². The standard InChI is InChI=1S/C25H23NO2/c1-2-11-22(12-3-1)27-16-17-28-23-13-6-8-20(18-23)19-26-25-15-7-10-21-9-4-5-14-24(21)25/h1-15,18,26H,16-17,19H2. The molecule has 0 aromatic heterocycles. The third-order valence-corrected chi connectivity index (χ3v) is 4.54. The molecule has 0 radical (unpaired) electrons. The second-order valence-corrected chi connectivity index (χ2v) is 6.54. The van der Waals surface area contributed by atoms with Crippen LogP contribution in [0.25, 0.3) is 10.8 Å². The van der Waals surface area contributed by atoms with E-state index in [2.05, 4.69) is 59.9 Å². The first-order valence-corrected chi connectivity index (χ1v) is 9.50. The van der Waals surface area contributed by atoms with Gasteiger partial charge in [-0.1, -0.05) is 66.7 Å². The van der Waals surface area contributed by atoms with Crippen LogP contribution in [0.2, 0.25) is 0 Å². The Morgan fingerprint density at radius 3 is 2.18 bits per heavy atom. The summed E-state index contributed by atoms with van der Waals surface area (Å²) in [7, 11) is 0. The molecule has 0 saturated heterocycles.